The van der Waals surface area contributed by atoms with Crippen LogP contribution in [-0.4, -0.2) is 7.05 Å². The molecule has 94 valence electrons. The molecule has 2 aromatic rings. The smallest absolute Gasteiger partial charge is 0.163 e. The van der Waals surface area contributed by atoms with Gasteiger partial charge in [-0.25, -0.2) is 8.78 Å². The lowest BCUT2D eigenvalue weighted by atomic mass is 10.1. The van der Waals surface area contributed by atoms with Crippen molar-refractivity contribution < 1.29 is 8.78 Å². The normalized spacial score (nSPS) is 10.4. The lowest BCUT2D eigenvalue weighted by molar-refractivity contribution is 0.498. The average molecular weight is 248 g/mol. The van der Waals surface area contributed by atoms with E-state index in [1.54, 1.807) is 24.1 Å². The fourth-order valence-corrected chi connectivity index (χ4v) is 1.85. The average Bonchev–Trinajstić information content (AvgIpc) is 2.35. The van der Waals surface area contributed by atoms with Crippen LogP contribution < -0.4 is 10.6 Å². The van der Waals surface area contributed by atoms with Crippen molar-refractivity contribution in [2.75, 3.05) is 17.7 Å². The first-order chi connectivity index (χ1) is 8.59. The summed E-state index contributed by atoms with van der Waals surface area (Å²) < 4.78 is 26.6. The second-order valence-corrected chi connectivity index (χ2v) is 4.13. The fraction of sp³-hybridized carbons (Fsp3) is 0.143. The zero-order valence-electron chi connectivity index (χ0n) is 10.0. The number of nitrogen functional groups attached to an aromatic ring is 1. The van der Waals surface area contributed by atoms with E-state index in [2.05, 4.69) is 0 Å². The van der Waals surface area contributed by atoms with Crippen LogP contribution in [0, 0.1) is 11.6 Å². The van der Waals surface area contributed by atoms with Gasteiger partial charge in [-0.1, -0.05) is 24.3 Å². The second-order valence-electron chi connectivity index (χ2n) is 4.13. The number of anilines is 2. The number of para-hydroxylation sites is 2. The van der Waals surface area contributed by atoms with Crippen molar-refractivity contribution in [1.29, 1.82) is 0 Å². The Labute approximate surface area is 105 Å². The molecule has 0 saturated carbocycles. The summed E-state index contributed by atoms with van der Waals surface area (Å²) >= 11 is 0. The molecule has 0 atom stereocenters. The van der Waals surface area contributed by atoms with E-state index in [9.17, 15) is 8.78 Å². The standard InChI is InChI=1S/C14H14F2N2/c1-18(13-8-3-2-7-12(13)17)9-10-5-4-6-11(15)14(10)16/h2-8H,9,17H2,1H3. The van der Waals surface area contributed by atoms with Crippen LogP contribution >= 0.6 is 0 Å². The molecule has 0 aliphatic heterocycles. The highest BCUT2D eigenvalue weighted by atomic mass is 19.2. The molecular formula is C14H14F2N2. The van der Waals surface area contributed by atoms with Crippen LogP contribution in [0.15, 0.2) is 42.5 Å². The Bertz CT molecular complexity index is 555. The van der Waals surface area contributed by atoms with Gasteiger partial charge in [0.25, 0.3) is 0 Å². The Kier molecular flexibility index (Phi) is 3.46. The number of hydrogen-bond acceptors (Lipinski definition) is 2. The lowest BCUT2D eigenvalue weighted by Crippen LogP contribution is -2.18. The maximum absolute atomic E-state index is 13.5. The topological polar surface area (TPSA) is 29.3 Å². The van der Waals surface area contributed by atoms with Crippen molar-refractivity contribution in [3.63, 3.8) is 0 Å². The van der Waals surface area contributed by atoms with Crippen LogP contribution in [-0.2, 0) is 6.54 Å². The van der Waals surface area contributed by atoms with Gasteiger partial charge in [0.15, 0.2) is 11.6 Å². The van der Waals surface area contributed by atoms with E-state index >= 15 is 0 Å². The number of benzene rings is 2. The van der Waals surface area contributed by atoms with Gasteiger partial charge in [0.1, 0.15) is 0 Å². The van der Waals surface area contributed by atoms with Crippen LogP contribution in [0.2, 0.25) is 0 Å². The van der Waals surface area contributed by atoms with Crippen LogP contribution in [0.1, 0.15) is 5.56 Å². The van der Waals surface area contributed by atoms with Crippen LogP contribution in [0.5, 0.6) is 0 Å². The molecule has 0 heterocycles. The summed E-state index contributed by atoms with van der Waals surface area (Å²) in [5, 5.41) is 0. The minimum Gasteiger partial charge on any atom is -0.397 e. The van der Waals surface area contributed by atoms with E-state index < -0.39 is 11.6 Å². The summed E-state index contributed by atoms with van der Waals surface area (Å²) in [5.41, 5.74) is 7.54. The third-order valence-electron chi connectivity index (χ3n) is 2.79. The van der Waals surface area contributed by atoms with E-state index in [0.29, 0.717) is 11.3 Å². The minimum atomic E-state index is -0.832. The Balaban J connectivity index is 2.24. The number of nitrogens with zero attached hydrogens (tertiary/aromatic N) is 1. The molecule has 0 fully saturated rings. The zero-order valence-corrected chi connectivity index (χ0v) is 10.0. The van der Waals surface area contributed by atoms with E-state index in [1.165, 1.54) is 6.07 Å². The first-order valence-electron chi connectivity index (χ1n) is 5.58. The van der Waals surface area contributed by atoms with E-state index in [4.69, 9.17) is 5.73 Å². The molecule has 0 saturated heterocycles. The van der Waals surface area contributed by atoms with Gasteiger partial charge in [-0.3, -0.25) is 0 Å². The molecule has 18 heavy (non-hydrogen) atoms. The van der Waals surface area contributed by atoms with Crippen LogP contribution in [0.4, 0.5) is 20.2 Å². The highest BCUT2D eigenvalue weighted by molar-refractivity contribution is 5.66. The fourth-order valence-electron chi connectivity index (χ4n) is 1.85. The molecule has 2 aromatic carbocycles. The minimum absolute atomic E-state index is 0.262. The molecule has 0 aliphatic carbocycles. The monoisotopic (exact) mass is 248 g/mol. The molecule has 0 aromatic heterocycles. The molecule has 0 bridgehead atoms. The first-order valence-corrected chi connectivity index (χ1v) is 5.58. The summed E-state index contributed by atoms with van der Waals surface area (Å²) in [6, 6.07) is 11.5. The molecule has 0 spiro atoms. The third-order valence-corrected chi connectivity index (χ3v) is 2.79. The quantitative estimate of drug-likeness (QED) is 0.845. The Morgan fingerprint density at radius 3 is 2.50 bits per heavy atom. The first kappa shape index (κ1) is 12.4. The van der Waals surface area contributed by atoms with Gasteiger partial charge in [0.05, 0.1) is 11.4 Å². The molecule has 0 amide bonds. The number of halogens is 2. The van der Waals surface area contributed by atoms with Gasteiger partial charge in [-0.05, 0) is 18.2 Å². The maximum atomic E-state index is 13.5. The summed E-state index contributed by atoms with van der Waals surface area (Å²) in [6.07, 6.45) is 0. The van der Waals surface area contributed by atoms with E-state index in [-0.39, 0.29) is 6.54 Å². The molecule has 2 nitrogen and oxygen atoms in total. The highest BCUT2D eigenvalue weighted by Crippen LogP contribution is 2.23. The van der Waals surface area contributed by atoms with Gasteiger partial charge < -0.3 is 10.6 Å². The molecule has 2 N–H and O–H groups in total. The van der Waals surface area contributed by atoms with E-state index in [0.717, 1.165) is 11.8 Å². The largest absolute Gasteiger partial charge is 0.397 e. The van der Waals surface area contributed by atoms with Crippen molar-refractivity contribution in [1.82, 2.24) is 0 Å². The SMILES string of the molecule is CN(Cc1cccc(F)c1F)c1ccccc1N. The maximum Gasteiger partial charge on any atom is 0.163 e. The van der Waals surface area contributed by atoms with Crippen molar-refractivity contribution in [3.05, 3.63) is 59.7 Å². The van der Waals surface area contributed by atoms with Gasteiger partial charge in [0, 0.05) is 19.2 Å². The third kappa shape index (κ3) is 2.42. The molecular weight excluding hydrogens is 234 g/mol. The molecule has 4 heteroatoms. The van der Waals surface area contributed by atoms with Crippen LogP contribution in [0.25, 0.3) is 0 Å². The second kappa shape index (κ2) is 5.04. The summed E-state index contributed by atoms with van der Waals surface area (Å²) in [7, 11) is 1.79. The Hall–Kier alpha value is -2.10. The molecule has 2 rings (SSSR count). The van der Waals surface area contributed by atoms with E-state index in [1.807, 2.05) is 18.2 Å². The lowest BCUT2D eigenvalue weighted by Gasteiger charge is -2.21. The molecule has 0 unspecified atom stereocenters. The Morgan fingerprint density at radius 2 is 1.78 bits per heavy atom. The highest BCUT2D eigenvalue weighted by Gasteiger charge is 2.11. The van der Waals surface area contributed by atoms with Gasteiger partial charge in [0.2, 0.25) is 0 Å². The van der Waals surface area contributed by atoms with Gasteiger partial charge >= 0.3 is 0 Å². The van der Waals surface area contributed by atoms with Crippen molar-refractivity contribution in [2.45, 2.75) is 6.54 Å². The van der Waals surface area contributed by atoms with Gasteiger partial charge in [-0.2, -0.15) is 0 Å². The van der Waals surface area contributed by atoms with Gasteiger partial charge in [-0.15, -0.1) is 0 Å². The summed E-state index contributed by atoms with van der Waals surface area (Å²) in [6.45, 7) is 0.262. The predicted molar refractivity (Wildman–Crippen MR) is 69.3 cm³/mol. The summed E-state index contributed by atoms with van der Waals surface area (Å²) in [4.78, 5) is 1.78. The summed E-state index contributed by atoms with van der Waals surface area (Å²) in [5.74, 6) is -1.64. The van der Waals surface area contributed by atoms with Crippen LogP contribution in [0.3, 0.4) is 0 Å². The predicted octanol–water partition coefficient (Wildman–Crippen LogP) is 3.18. The molecule has 0 radical (unpaired) electrons. The van der Waals surface area contributed by atoms with Crippen molar-refractivity contribution in [2.24, 2.45) is 0 Å². The number of hydrogen-bond donors (Lipinski definition) is 1. The zero-order chi connectivity index (χ0) is 13.1. The van der Waals surface area contributed by atoms with Crippen molar-refractivity contribution >= 4 is 11.4 Å². The van der Waals surface area contributed by atoms with Crippen molar-refractivity contribution in [3.8, 4) is 0 Å². The number of rotatable bonds is 3. The molecule has 0 aliphatic rings. The Morgan fingerprint density at radius 1 is 1.06 bits per heavy atom. The number of nitrogens with two attached hydrogens (primary N) is 1.